The number of fused-ring (bicyclic) bond motifs is 1. The summed E-state index contributed by atoms with van der Waals surface area (Å²) < 4.78 is 6.55. The van der Waals surface area contributed by atoms with Crippen molar-refractivity contribution in [1.29, 1.82) is 0 Å². The molecule has 0 radical (unpaired) electrons. The van der Waals surface area contributed by atoms with E-state index in [1.807, 2.05) is 13.8 Å². The second-order valence-corrected chi connectivity index (χ2v) is 6.89. The van der Waals surface area contributed by atoms with Gasteiger partial charge in [-0.05, 0) is 43.7 Å². The van der Waals surface area contributed by atoms with Gasteiger partial charge in [0.25, 0.3) is 0 Å². The Labute approximate surface area is 141 Å². The molecule has 4 rings (SSSR count). The van der Waals surface area contributed by atoms with E-state index in [0.717, 1.165) is 42.0 Å². The lowest BCUT2D eigenvalue weighted by atomic mass is 10.2. The van der Waals surface area contributed by atoms with Crippen LogP contribution in [0.4, 0.5) is 5.82 Å². The van der Waals surface area contributed by atoms with Crippen LogP contribution in [0.3, 0.4) is 0 Å². The topological polar surface area (TPSA) is 60.2 Å². The number of pyridine rings is 1. The molecule has 2 aromatic heterocycles. The normalized spacial score (nSPS) is 21.7. The average molecular weight is 326 g/mol. The van der Waals surface area contributed by atoms with Crippen LogP contribution in [-0.4, -0.2) is 40.9 Å². The third kappa shape index (κ3) is 2.66. The molecule has 2 aliphatic rings. The number of esters is 1. The van der Waals surface area contributed by atoms with E-state index in [-0.39, 0.29) is 5.97 Å². The van der Waals surface area contributed by atoms with E-state index >= 15 is 0 Å². The van der Waals surface area contributed by atoms with Gasteiger partial charge in [0, 0.05) is 25.0 Å². The molecule has 1 saturated heterocycles. The number of hydrogen-bond donors (Lipinski definition) is 0. The van der Waals surface area contributed by atoms with Gasteiger partial charge in [0.1, 0.15) is 11.4 Å². The third-order valence-electron chi connectivity index (χ3n) is 5.17. The second-order valence-electron chi connectivity index (χ2n) is 6.89. The Hall–Kier alpha value is -2.37. The molecule has 24 heavy (non-hydrogen) atoms. The number of aromatic nitrogens is 3. The predicted molar refractivity (Wildman–Crippen MR) is 90.2 cm³/mol. The summed E-state index contributed by atoms with van der Waals surface area (Å²) in [6, 6.07) is 4.22. The molecule has 0 aromatic carbocycles. The highest BCUT2D eigenvalue weighted by Gasteiger charge is 2.45. The zero-order valence-electron chi connectivity index (χ0n) is 14.3. The summed E-state index contributed by atoms with van der Waals surface area (Å²) in [6.07, 6.45) is 3.14. The minimum atomic E-state index is -0.350. The molecule has 3 heterocycles. The molecule has 2 fully saturated rings. The van der Waals surface area contributed by atoms with Crippen LogP contribution in [0.5, 0.6) is 0 Å². The van der Waals surface area contributed by atoms with E-state index in [1.54, 1.807) is 10.9 Å². The summed E-state index contributed by atoms with van der Waals surface area (Å²) in [6.45, 7) is 6.75. The first-order valence-electron chi connectivity index (χ1n) is 8.39. The standard InChI is InChI=1S/C18H22N4O2/c1-11-13(9-22-10-16(12(2)20-22)18(23)24-3)4-5-17(19-11)21-7-14-6-15(14)8-21/h4-5,10,14-15H,6-9H2,1-3H3. The van der Waals surface area contributed by atoms with Gasteiger partial charge < -0.3 is 9.64 Å². The summed E-state index contributed by atoms with van der Waals surface area (Å²) in [5.74, 6) is 2.53. The molecule has 0 amide bonds. The van der Waals surface area contributed by atoms with Gasteiger partial charge in [0.15, 0.2) is 0 Å². The van der Waals surface area contributed by atoms with Crippen LogP contribution < -0.4 is 4.90 Å². The highest BCUT2D eigenvalue weighted by atomic mass is 16.5. The molecule has 1 aliphatic carbocycles. The van der Waals surface area contributed by atoms with Crippen molar-refractivity contribution in [3.63, 3.8) is 0 Å². The maximum atomic E-state index is 11.7. The first kappa shape index (κ1) is 15.2. The Bertz CT molecular complexity index is 788. The number of hydrogen-bond acceptors (Lipinski definition) is 5. The minimum Gasteiger partial charge on any atom is -0.465 e. The highest BCUT2D eigenvalue weighted by molar-refractivity contribution is 5.90. The number of carbonyl (C=O) groups is 1. The van der Waals surface area contributed by atoms with Crippen molar-refractivity contribution in [2.45, 2.75) is 26.8 Å². The summed E-state index contributed by atoms with van der Waals surface area (Å²) >= 11 is 0. The predicted octanol–water partition coefficient (Wildman–Crippen LogP) is 2.19. The van der Waals surface area contributed by atoms with Crippen LogP contribution in [0.25, 0.3) is 0 Å². The number of rotatable bonds is 4. The van der Waals surface area contributed by atoms with Crippen LogP contribution in [-0.2, 0) is 11.3 Å². The number of aryl methyl sites for hydroxylation is 2. The largest absolute Gasteiger partial charge is 0.465 e. The first-order chi connectivity index (χ1) is 11.5. The molecule has 2 atom stereocenters. The molecule has 0 spiro atoms. The lowest BCUT2D eigenvalue weighted by molar-refractivity contribution is 0.0600. The van der Waals surface area contributed by atoms with E-state index in [9.17, 15) is 4.79 Å². The van der Waals surface area contributed by atoms with Gasteiger partial charge in [-0.3, -0.25) is 4.68 Å². The Morgan fingerprint density at radius 1 is 1.25 bits per heavy atom. The van der Waals surface area contributed by atoms with Gasteiger partial charge in [-0.2, -0.15) is 5.10 Å². The fourth-order valence-electron chi connectivity index (χ4n) is 3.59. The fourth-order valence-corrected chi connectivity index (χ4v) is 3.59. The van der Waals surface area contributed by atoms with Crippen molar-refractivity contribution in [1.82, 2.24) is 14.8 Å². The second kappa shape index (κ2) is 5.61. The van der Waals surface area contributed by atoms with E-state index in [1.165, 1.54) is 13.5 Å². The molecule has 2 unspecified atom stereocenters. The fraction of sp³-hybridized carbons (Fsp3) is 0.500. The van der Waals surface area contributed by atoms with Crippen LogP contribution in [0, 0.1) is 25.7 Å². The Balaban J connectivity index is 1.51. The molecule has 1 saturated carbocycles. The summed E-state index contributed by atoms with van der Waals surface area (Å²) in [5.41, 5.74) is 3.32. The van der Waals surface area contributed by atoms with Gasteiger partial charge in [-0.15, -0.1) is 0 Å². The number of anilines is 1. The first-order valence-corrected chi connectivity index (χ1v) is 8.39. The van der Waals surface area contributed by atoms with Crippen molar-refractivity contribution in [3.8, 4) is 0 Å². The molecular formula is C18H22N4O2. The molecule has 2 aromatic rings. The lowest BCUT2D eigenvalue weighted by Gasteiger charge is -2.20. The SMILES string of the molecule is COC(=O)c1cn(Cc2ccc(N3CC4CC4C3)nc2C)nc1C. The highest BCUT2D eigenvalue weighted by Crippen LogP contribution is 2.45. The Kier molecular flexibility index (Phi) is 3.55. The van der Waals surface area contributed by atoms with Crippen molar-refractivity contribution in [2.75, 3.05) is 25.1 Å². The van der Waals surface area contributed by atoms with Crippen LogP contribution in [0.2, 0.25) is 0 Å². The molecule has 1 aliphatic heterocycles. The van der Waals surface area contributed by atoms with Gasteiger partial charge in [0.2, 0.25) is 0 Å². The molecule has 0 N–H and O–H groups in total. The third-order valence-corrected chi connectivity index (χ3v) is 5.17. The number of piperidine rings is 1. The van der Waals surface area contributed by atoms with Crippen molar-refractivity contribution >= 4 is 11.8 Å². The Morgan fingerprint density at radius 2 is 2.00 bits per heavy atom. The van der Waals surface area contributed by atoms with Crippen molar-refractivity contribution in [3.05, 3.63) is 40.8 Å². The van der Waals surface area contributed by atoms with Gasteiger partial charge in [0.05, 0.1) is 19.3 Å². The lowest BCUT2D eigenvalue weighted by Crippen LogP contribution is -2.23. The Morgan fingerprint density at radius 3 is 2.67 bits per heavy atom. The van der Waals surface area contributed by atoms with Crippen LogP contribution in [0.1, 0.15) is 33.7 Å². The monoisotopic (exact) mass is 326 g/mol. The van der Waals surface area contributed by atoms with E-state index in [0.29, 0.717) is 17.8 Å². The molecule has 6 nitrogen and oxygen atoms in total. The summed E-state index contributed by atoms with van der Waals surface area (Å²) in [5, 5.41) is 4.41. The molecule has 6 heteroatoms. The number of methoxy groups -OCH3 is 1. The van der Waals surface area contributed by atoms with Crippen LogP contribution in [0.15, 0.2) is 18.3 Å². The van der Waals surface area contributed by atoms with Gasteiger partial charge in [-0.1, -0.05) is 6.07 Å². The summed E-state index contributed by atoms with van der Waals surface area (Å²) in [7, 11) is 1.38. The minimum absolute atomic E-state index is 0.350. The maximum absolute atomic E-state index is 11.7. The number of carbonyl (C=O) groups excluding carboxylic acids is 1. The van der Waals surface area contributed by atoms with Crippen molar-refractivity contribution < 1.29 is 9.53 Å². The molecule has 0 bridgehead atoms. The average Bonchev–Trinajstić information content (AvgIpc) is 3.00. The smallest absolute Gasteiger partial charge is 0.341 e. The van der Waals surface area contributed by atoms with E-state index < -0.39 is 0 Å². The zero-order chi connectivity index (χ0) is 16.8. The van der Waals surface area contributed by atoms with Crippen LogP contribution >= 0.6 is 0 Å². The zero-order valence-corrected chi connectivity index (χ0v) is 14.3. The number of ether oxygens (including phenoxy) is 1. The molecular weight excluding hydrogens is 304 g/mol. The number of nitrogens with zero attached hydrogens (tertiary/aromatic N) is 4. The van der Waals surface area contributed by atoms with Gasteiger partial charge in [-0.25, -0.2) is 9.78 Å². The maximum Gasteiger partial charge on any atom is 0.341 e. The molecule has 126 valence electrons. The quantitative estimate of drug-likeness (QED) is 0.806. The summed E-state index contributed by atoms with van der Waals surface area (Å²) in [4.78, 5) is 18.9. The van der Waals surface area contributed by atoms with Crippen molar-refractivity contribution in [2.24, 2.45) is 11.8 Å². The van der Waals surface area contributed by atoms with E-state index in [4.69, 9.17) is 9.72 Å². The van der Waals surface area contributed by atoms with Gasteiger partial charge >= 0.3 is 5.97 Å². The van der Waals surface area contributed by atoms with E-state index in [2.05, 4.69) is 22.1 Å².